The molecule has 0 saturated carbocycles. The normalized spacial score (nSPS) is 12.3. The summed E-state index contributed by atoms with van der Waals surface area (Å²) < 4.78 is 10.8. The van der Waals surface area contributed by atoms with Crippen LogP contribution in [-0.4, -0.2) is 15.9 Å². The third-order valence-corrected chi connectivity index (χ3v) is 3.60. The van der Waals surface area contributed by atoms with Gasteiger partial charge >= 0.3 is 7.60 Å². The highest BCUT2D eigenvalue weighted by atomic mass is 31.2. The summed E-state index contributed by atoms with van der Waals surface area (Å²) in [6.07, 6.45) is 7.67. The topological polar surface area (TPSA) is 57.5 Å². The Balaban J connectivity index is 3.83. The van der Waals surface area contributed by atoms with Gasteiger partial charge in [-0.25, -0.2) is 0 Å². The highest BCUT2D eigenvalue weighted by Crippen LogP contribution is 2.37. The molecule has 0 aromatic heterocycles. The van der Waals surface area contributed by atoms with Gasteiger partial charge in [0, 0.05) is 0 Å². The SMILES string of the molecule is CCCCC(CCCC)CCP(=O)(O)O. The molecule has 2 N–H and O–H groups in total. The molecule has 3 nitrogen and oxygen atoms in total. The van der Waals surface area contributed by atoms with Crippen LogP contribution in [-0.2, 0) is 4.57 Å². The minimum atomic E-state index is -3.78. The Bertz CT molecular complexity index is 180. The van der Waals surface area contributed by atoms with E-state index in [9.17, 15) is 4.57 Å². The first kappa shape index (κ1) is 15.2. The van der Waals surface area contributed by atoms with Crippen LogP contribution in [0.5, 0.6) is 0 Å². The van der Waals surface area contributed by atoms with Crippen molar-refractivity contribution in [1.82, 2.24) is 0 Å². The lowest BCUT2D eigenvalue weighted by Crippen LogP contribution is -2.04. The zero-order chi connectivity index (χ0) is 11.7. The van der Waals surface area contributed by atoms with Gasteiger partial charge in [-0.3, -0.25) is 4.57 Å². The first-order chi connectivity index (χ1) is 6.99. The van der Waals surface area contributed by atoms with Crippen LogP contribution < -0.4 is 0 Å². The van der Waals surface area contributed by atoms with Gasteiger partial charge in [0.25, 0.3) is 0 Å². The lowest BCUT2D eigenvalue weighted by molar-refractivity contribution is 0.354. The van der Waals surface area contributed by atoms with E-state index in [-0.39, 0.29) is 6.16 Å². The van der Waals surface area contributed by atoms with E-state index in [0.29, 0.717) is 12.3 Å². The van der Waals surface area contributed by atoms with E-state index < -0.39 is 7.60 Å². The van der Waals surface area contributed by atoms with Gasteiger partial charge in [0.1, 0.15) is 0 Å². The molecule has 0 atom stereocenters. The molecule has 0 fully saturated rings. The average Bonchev–Trinajstić information content (AvgIpc) is 2.15. The highest BCUT2D eigenvalue weighted by molar-refractivity contribution is 7.51. The summed E-state index contributed by atoms with van der Waals surface area (Å²) >= 11 is 0. The Morgan fingerprint density at radius 3 is 1.80 bits per heavy atom. The van der Waals surface area contributed by atoms with Crippen molar-refractivity contribution in [2.75, 3.05) is 6.16 Å². The Labute approximate surface area is 93.4 Å². The molecule has 0 aromatic rings. The Morgan fingerprint density at radius 2 is 1.47 bits per heavy atom. The third kappa shape index (κ3) is 10.4. The minimum Gasteiger partial charge on any atom is -0.324 e. The summed E-state index contributed by atoms with van der Waals surface area (Å²) in [5.41, 5.74) is 0. The molecule has 0 spiro atoms. The monoisotopic (exact) mass is 236 g/mol. The molecule has 0 aliphatic carbocycles. The van der Waals surface area contributed by atoms with Crippen molar-refractivity contribution in [3.8, 4) is 0 Å². The number of hydrogen-bond donors (Lipinski definition) is 2. The lowest BCUT2D eigenvalue weighted by atomic mass is 9.94. The summed E-state index contributed by atoms with van der Waals surface area (Å²) in [6, 6.07) is 0. The smallest absolute Gasteiger partial charge is 0.324 e. The molecule has 15 heavy (non-hydrogen) atoms. The Kier molecular flexibility index (Phi) is 8.40. The van der Waals surface area contributed by atoms with Crippen LogP contribution in [0.3, 0.4) is 0 Å². The maximum atomic E-state index is 10.8. The Hall–Kier alpha value is 0.150. The maximum absolute atomic E-state index is 10.8. The summed E-state index contributed by atoms with van der Waals surface area (Å²) in [5, 5.41) is 0. The number of rotatable bonds is 9. The molecular weight excluding hydrogens is 211 g/mol. The zero-order valence-electron chi connectivity index (χ0n) is 9.98. The molecule has 0 heterocycles. The van der Waals surface area contributed by atoms with Crippen LogP contribution in [0.25, 0.3) is 0 Å². The van der Waals surface area contributed by atoms with Gasteiger partial charge in [0.05, 0.1) is 6.16 Å². The fourth-order valence-electron chi connectivity index (χ4n) is 1.77. The van der Waals surface area contributed by atoms with Gasteiger partial charge < -0.3 is 9.79 Å². The second-order valence-corrected chi connectivity index (χ2v) is 6.10. The van der Waals surface area contributed by atoms with Crippen LogP contribution in [0.15, 0.2) is 0 Å². The fraction of sp³-hybridized carbons (Fsp3) is 1.00. The summed E-state index contributed by atoms with van der Waals surface area (Å²) in [7, 11) is -3.78. The fourth-order valence-corrected chi connectivity index (χ4v) is 2.47. The largest absolute Gasteiger partial charge is 0.325 e. The van der Waals surface area contributed by atoms with Crippen LogP contribution in [0.4, 0.5) is 0 Å². The van der Waals surface area contributed by atoms with Gasteiger partial charge in [0.15, 0.2) is 0 Å². The minimum absolute atomic E-state index is 0.0606. The van der Waals surface area contributed by atoms with Crippen LogP contribution in [0.1, 0.15) is 58.8 Å². The predicted octanol–water partition coefficient (Wildman–Crippen LogP) is 3.55. The first-order valence-corrected chi connectivity index (χ1v) is 7.84. The summed E-state index contributed by atoms with van der Waals surface area (Å²) in [6.45, 7) is 4.31. The summed E-state index contributed by atoms with van der Waals surface area (Å²) in [4.78, 5) is 17.7. The number of unbranched alkanes of at least 4 members (excludes halogenated alkanes) is 2. The third-order valence-electron chi connectivity index (χ3n) is 2.76. The van der Waals surface area contributed by atoms with Gasteiger partial charge in [-0.1, -0.05) is 52.4 Å². The quantitative estimate of drug-likeness (QED) is 0.602. The average molecular weight is 236 g/mol. The summed E-state index contributed by atoms with van der Waals surface area (Å²) in [5.74, 6) is 0.512. The van der Waals surface area contributed by atoms with E-state index in [1.165, 1.54) is 25.7 Å². The predicted molar refractivity (Wildman–Crippen MR) is 64.1 cm³/mol. The first-order valence-electron chi connectivity index (χ1n) is 6.04. The highest BCUT2D eigenvalue weighted by Gasteiger charge is 2.16. The molecule has 92 valence electrons. The Morgan fingerprint density at radius 1 is 1.00 bits per heavy atom. The van der Waals surface area contributed by atoms with Crippen molar-refractivity contribution in [2.24, 2.45) is 5.92 Å². The number of hydrogen-bond acceptors (Lipinski definition) is 1. The van der Waals surface area contributed by atoms with Crippen molar-refractivity contribution in [1.29, 1.82) is 0 Å². The maximum Gasteiger partial charge on any atom is 0.325 e. The van der Waals surface area contributed by atoms with E-state index in [4.69, 9.17) is 9.79 Å². The molecule has 0 aromatic carbocycles. The molecule has 0 rings (SSSR count). The van der Waals surface area contributed by atoms with E-state index in [0.717, 1.165) is 12.8 Å². The molecular formula is C11H25O3P. The van der Waals surface area contributed by atoms with Crippen molar-refractivity contribution < 1.29 is 14.4 Å². The lowest BCUT2D eigenvalue weighted by Gasteiger charge is -2.16. The van der Waals surface area contributed by atoms with E-state index in [1.54, 1.807) is 0 Å². The molecule has 0 aliphatic rings. The van der Waals surface area contributed by atoms with Gasteiger partial charge in [-0.2, -0.15) is 0 Å². The zero-order valence-corrected chi connectivity index (χ0v) is 10.9. The van der Waals surface area contributed by atoms with Gasteiger partial charge in [0.2, 0.25) is 0 Å². The molecule has 0 unspecified atom stereocenters. The van der Waals surface area contributed by atoms with Crippen LogP contribution in [0, 0.1) is 5.92 Å². The van der Waals surface area contributed by atoms with E-state index in [1.807, 2.05) is 0 Å². The van der Waals surface area contributed by atoms with E-state index >= 15 is 0 Å². The van der Waals surface area contributed by atoms with Crippen molar-refractivity contribution in [3.63, 3.8) is 0 Å². The molecule has 0 aliphatic heterocycles. The molecule has 0 amide bonds. The van der Waals surface area contributed by atoms with Crippen LogP contribution >= 0.6 is 7.60 Å². The molecule has 4 heteroatoms. The standard InChI is InChI=1S/C11H25O3P/c1-3-5-7-11(8-6-4-2)9-10-15(12,13)14/h11H,3-10H2,1-2H3,(H2,12,13,14). The van der Waals surface area contributed by atoms with E-state index in [2.05, 4.69) is 13.8 Å². The second kappa shape index (κ2) is 8.32. The van der Waals surface area contributed by atoms with Gasteiger partial charge in [-0.15, -0.1) is 0 Å². The van der Waals surface area contributed by atoms with Crippen LogP contribution in [0.2, 0.25) is 0 Å². The molecule has 0 saturated heterocycles. The van der Waals surface area contributed by atoms with Crippen molar-refractivity contribution in [3.05, 3.63) is 0 Å². The molecule has 0 bridgehead atoms. The second-order valence-electron chi connectivity index (χ2n) is 4.33. The molecule has 0 radical (unpaired) electrons. The van der Waals surface area contributed by atoms with Gasteiger partial charge in [-0.05, 0) is 12.3 Å². The van der Waals surface area contributed by atoms with Crippen molar-refractivity contribution in [2.45, 2.75) is 58.8 Å². The van der Waals surface area contributed by atoms with Crippen molar-refractivity contribution >= 4 is 7.60 Å².